The van der Waals surface area contributed by atoms with Crippen LogP contribution in [-0.2, 0) is 11.3 Å². The van der Waals surface area contributed by atoms with Crippen LogP contribution in [0.15, 0.2) is 42.5 Å². The lowest BCUT2D eigenvalue weighted by atomic mass is 10.0. The van der Waals surface area contributed by atoms with Crippen molar-refractivity contribution in [3.8, 4) is 5.75 Å². The van der Waals surface area contributed by atoms with Crippen molar-refractivity contribution in [2.45, 2.75) is 33.2 Å². The lowest BCUT2D eigenvalue weighted by molar-refractivity contribution is -0.135. The second-order valence-corrected chi connectivity index (χ2v) is 8.24. The largest absolute Gasteiger partial charge is 0.484 e. The molecule has 28 heavy (non-hydrogen) atoms. The smallest absolute Gasteiger partial charge is 0.260 e. The Balaban J connectivity index is 1.47. The van der Waals surface area contributed by atoms with Crippen LogP contribution in [0, 0.1) is 6.92 Å². The Morgan fingerprint density at radius 1 is 1.07 bits per heavy atom. The quantitative estimate of drug-likeness (QED) is 0.715. The van der Waals surface area contributed by atoms with Crippen molar-refractivity contribution >= 4 is 17.5 Å². The molecule has 3 rings (SSSR count). The van der Waals surface area contributed by atoms with Crippen LogP contribution in [0.5, 0.6) is 5.75 Å². The molecule has 150 valence electrons. The molecule has 0 spiro atoms. The summed E-state index contributed by atoms with van der Waals surface area (Å²) in [4.78, 5) is 16.8. The van der Waals surface area contributed by atoms with E-state index in [0.29, 0.717) is 5.92 Å². The fourth-order valence-corrected chi connectivity index (χ4v) is 3.56. The number of halogens is 1. The van der Waals surface area contributed by atoms with E-state index in [2.05, 4.69) is 43.9 Å². The van der Waals surface area contributed by atoms with Gasteiger partial charge in [-0.1, -0.05) is 43.6 Å². The predicted octanol–water partition coefficient (Wildman–Crippen LogP) is 4.50. The van der Waals surface area contributed by atoms with E-state index in [-0.39, 0.29) is 12.5 Å². The van der Waals surface area contributed by atoms with Crippen LogP contribution in [-0.4, -0.2) is 48.5 Å². The van der Waals surface area contributed by atoms with Gasteiger partial charge < -0.3 is 9.64 Å². The van der Waals surface area contributed by atoms with E-state index in [1.54, 1.807) is 0 Å². The van der Waals surface area contributed by atoms with E-state index >= 15 is 0 Å². The van der Waals surface area contributed by atoms with Crippen molar-refractivity contribution in [1.82, 2.24) is 9.80 Å². The fourth-order valence-electron chi connectivity index (χ4n) is 3.43. The molecule has 0 N–H and O–H groups in total. The molecule has 1 amide bonds. The number of piperazine rings is 1. The Hall–Kier alpha value is -2.04. The number of amides is 1. The standard InChI is InChI=1S/C23H29ClN2O2/c1-17(2)20-12-18(3)13-22(14-20)28-16-23(27)26-10-8-25(9-11-26)15-19-4-6-21(24)7-5-19/h4-7,12-14,17H,8-11,15-16H2,1-3H3. The van der Waals surface area contributed by atoms with Crippen molar-refractivity contribution in [2.24, 2.45) is 0 Å². The Kier molecular flexibility index (Phi) is 6.97. The van der Waals surface area contributed by atoms with E-state index in [1.807, 2.05) is 29.2 Å². The molecule has 0 saturated carbocycles. The summed E-state index contributed by atoms with van der Waals surface area (Å²) < 4.78 is 5.81. The van der Waals surface area contributed by atoms with Gasteiger partial charge in [0.15, 0.2) is 6.61 Å². The molecule has 0 aromatic heterocycles. The summed E-state index contributed by atoms with van der Waals surface area (Å²) in [5.74, 6) is 1.27. The second kappa shape index (κ2) is 9.44. The van der Waals surface area contributed by atoms with Crippen molar-refractivity contribution in [2.75, 3.05) is 32.8 Å². The van der Waals surface area contributed by atoms with Crippen LogP contribution in [0.2, 0.25) is 5.02 Å². The van der Waals surface area contributed by atoms with Crippen LogP contribution >= 0.6 is 11.6 Å². The van der Waals surface area contributed by atoms with Gasteiger partial charge in [-0.05, 0) is 53.8 Å². The van der Waals surface area contributed by atoms with E-state index in [4.69, 9.17) is 16.3 Å². The minimum atomic E-state index is 0.0544. The fraction of sp³-hybridized carbons (Fsp3) is 0.435. The number of aryl methyl sites for hydroxylation is 1. The first kappa shape index (κ1) is 20.7. The molecule has 0 bridgehead atoms. The molecule has 2 aromatic carbocycles. The maximum Gasteiger partial charge on any atom is 0.260 e. The van der Waals surface area contributed by atoms with Crippen LogP contribution < -0.4 is 4.74 Å². The number of ether oxygens (including phenoxy) is 1. The Labute approximate surface area is 173 Å². The highest BCUT2D eigenvalue weighted by atomic mass is 35.5. The summed E-state index contributed by atoms with van der Waals surface area (Å²) in [7, 11) is 0. The number of carbonyl (C=O) groups excluding carboxylic acids is 1. The number of carbonyl (C=O) groups is 1. The SMILES string of the molecule is Cc1cc(OCC(=O)N2CCN(Cc3ccc(Cl)cc3)CC2)cc(C(C)C)c1. The van der Waals surface area contributed by atoms with Crippen LogP contribution in [0.4, 0.5) is 0 Å². The number of hydrogen-bond donors (Lipinski definition) is 0. The summed E-state index contributed by atoms with van der Waals surface area (Å²) in [6.07, 6.45) is 0. The normalized spacial score (nSPS) is 15.1. The van der Waals surface area contributed by atoms with Gasteiger partial charge >= 0.3 is 0 Å². The van der Waals surface area contributed by atoms with Crippen LogP contribution in [0.1, 0.15) is 36.5 Å². The molecule has 0 unspecified atom stereocenters. The highest BCUT2D eigenvalue weighted by Crippen LogP contribution is 2.23. The lowest BCUT2D eigenvalue weighted by Crippen LogP contribution is -2.49. The Morgan fingerprint density at radius 3 is 2.39 bits per heavy atom. The zero-order valence-electron chi connectivity index (χ0n) is 17.0. The van der Waals surface area contributed by atoms with Gasteiger partial charge in [-0.25, -0.2) is 0 Å². The molecule has 0 aliphatic carbocycles. The third-order valence-corrected chi connectivity index (χ3v) is 5.40. The van der Waals surface area contributed by atoms with Gasteiger partial charge in [-0.2, -0.15) is 0 Å². The summed E-state index contributed by atoms with van der Waals surface area (Å²) in [6, 6.07) is 14.1. The third kappa shape index (κ3) is 5.73. The molecular weight excluding hydrogens is 372 g/mol. The summed E-state index contributed by atoms with van der Waals surface area (Å²) in [6.45, 7) is 10.6. The lowest BCUT2D eigenvalue weighted by Gasteiger charge is -2.34. The van der Waals surface area contributed by atoms with Crippen molar-refractivity contribution < 1.29 is 9.53 Å². The molecule has 1 aliphatic heterocycles. The third-order valence-electron chi connectivity index (χ3n) is 5.15. The van der Waals surface area contributed by atoms with Crippen molar-refractivity contribution in [3.63, 3.8) is 0 Å². The second-order valence-electron chi connectivity index (χ2n) is 7.81. The maximum absolute atomic E-state index is 12.5. The molecule has 2 aromatic rings. The van der Waals surface area contributed by atoms with Crippen molar-refractivity contribution in [3.05, 3.63) is 64.2 Å². The Morgan fingerprint density at radius 2 is 1.75 bits per heavy atom. The zero-order chi connectivity index (χ0) is 20.1. The Bertz CT molecular complexity index is 797. The number of hydrogen-bond acceptors (Lipinski definition) is 3. The van der Waals surface area contributed by atoms with Gasteiger partial charge in [0, 0.05) is 37.7 Å². The average molecular weight is 401 g/mol. The molecule has 0 atom stereocenters. The molecule has 1 aliphatic rings. The van der Waals surface area contributed by atoms with E-state index in [1.165, 1.54) is 11.1 Å². The molecule has 4 nitrogen and oxygen atoms in total. The number of benzene rings is 2. The van der Waals surface area contributed by atoms with Gasteiger partial charge in [0.25, 0.3) is 5.91 Å². The number of nitrogens with zero attached hydrogens (tertiary/aromatic N) is 2. The molecule has 1 heterocycles. The molecule has 1 fully saturated rings. The predicted molar refractivity (Wildman–Crippen MR) is 114 cm³/mol. The molecule has 5 heteroatoms. The van der Waals surface area contributed by atoms with E-state index < -0.39 is 0 Å². The topological polar surface area (TPSA) is 32.8 Å². The number of rotatable bonds is 6. The first-order chi connectivity index (χ1) is 13.4. The van der Waals surface area contributed by atoms with Gasteiger partial charge in [-0.15, -0.1) is 0 Å². The van der Waals surface area contributed by atoms with Crippen molar-refractivity contribution in [1.29, 1.82) is 0 Å². The first-order valence-electron chi connectivity index (χ1n) is 9.89. The summed E-state index contributed by atoms with van der Waals surface area (Å²) >= 11 is 5.95. The highest BCUT2D eigenvalue weighted by molar-refractivity contribution is 6.30. The van der Waals surface area contributed by atoms with Crippen LogP contribution in [0.3, 0.4) is 0 Å². The monoisotopic (exact) mass is 400 g/mol. The molecular formula is C23H29ClN2O2. The molecule has 0 radical (unpaired) electrons. The minimum Gasteiger partial charge on any atom is -0.484 e. The van der Waals surface area contributed by atoms with Gasteiger partial charge in [-0.3, -0.25) is 9.69 Å². The highest BCUT2D eigenvalue weighted by Gasteiger charge is 2.21. The van der Waals surface area contributed by atoms with E-state index in [9.17, 15) is 4.79 Å². The molecule has 1 saturated heterocycles. The average Bonchev–Trinajstić information content (AvgIpc) is 2.68. The first-order valence-corrected chi connectivity index (χ1v) is 10.3. The maximum atomic E-state index is 12.5. The van der Waals surface area contributed by atoms with Gasteiger partial charge in [0.2, 0.25) is 0 Å². The van der Waals surface area contributed by atoms with Crippen LogP contribution in [0.25, 0.3) is 0 Å². The summed E-state index contributed by atoms with van der Waals surface area (Å²) in [5, 5.41) is 0.758. The zero-order valence-corrected chi connectivity index (χ0v) is 17.7. The minimum absolute atomic E-state index is 0.0544. The summed E-state index contributed by atoms with van der Waals surface area (Å²) in [5.41, 5.74) is 3.63. The van der Waals surface area contributed by atoms with E-state index in [0.717, 1.165) is 49.1 Å². The van der Waals surface area contributed by atoms with Gasteiger partial charge in [0.1, 0.15) is 5.75 Å². The van der Waals surface area contributed by atoms with Gasteiger partial charge in [0.05, 0.1) is 0 Å².